The Hall–Kier alpha value is -4.00. The number of rotatable bonds is 7. The minimum Gasteiger partial charge on any atom is -0.489 e. The molecule has 0 unspecified atom stereocenters. The fourth-order valence-electron chi connectivity index (χ4n) is 4.26. The number of benzene rings is 3. The molecule has 3 aromatic rings. The summed E-state index contributed by atoms with van der Waals surface area (Å²) in [6.07, 6.45) is -0.116. The number of para-hydroxylation sites is 2. The Morgan fingerprint density at radius 2 is 1.83 bits per heavy atom. The predicted octanol–water partition coefficient (Wildman–Crippen LogP) is 5.19. The van der Waals surface area contributed by atoms with Gasteiger partial charge in [-0.15, -0.1) is 0 Å². The normalized spacial score (nSPS) is 15.0. The number of aliphatic carboxylic acids is 1. The molecule has 1 aliphatic rings. The first-order chi connectivity index (χ1) is 17.1. The molecule has 0 bridgehead atoms. The molecule has 0 fully saturated rings. The zero-order valence-corrected chi connectivity index (χ0v) is 21.3. The van der Waals surface area contributed by atoms with Gasteiger partial charge in [0.25, 0.3) is 5.91 Å². The van der Waals surface area contributed by atoms with Gasteiger partial charge in [0.05, 0.1) is 17.6 Å². The monoisotopic (exact) mass is 488 g/mol. The van der Waals surface area contributed by atoms with E-state index in [-0.39, 0.29) is 12.0 Å². The number of likely N-dealkylation sites (N-methyl/N-ethyl adjacent to an activating group) is 1. The van der Waals surface area contributed by atoms with Gasteiger partial charge in [-0.3, -0.25) is 9.59 Å². The number of fused-ring (bicyclic) bond motifs is 1. The Morgan fingerprint density at radius 3 is 2.58 bits per heavy atom. The molecule has 0 spiro atoms. The number of aryl methyl sites for hydroxylation is 2. The first-order valence-corrected chi connectivity index (χ1v) is 11.9. The molecule has 1 heterocycles. The van der Waals surface area contributed by atoms with Gasteiger partial charge < -0.3 is 24.8 Å². The average molecular weight is 489 g/mol. The van der Waals surface area contributed by atoms with Gasteiger partial charge in [0.15, 0.2) is 0 Å². The van der Waals surface area contributed by atoms with Crippen LogP contribution in [0.4, 0.5) is 11.4 Å². The van der Waals surface area contributed by atoms with E-state index in [1.54, 1.807) is 38.1 Å². The van der Waals surface area contributed by atoms with Gasteiger partial charge in [-0.2, -0.15) is 0 Å². The highest BCUT2D eigenvalue weighted by molar-refractivity contribution is 6.05. The van der Waals surface area contributed by atoms with Crippen LogP contribution in [0.1, 0.15) is 40.9 Å². The largest absolute Gasteiger partial charge is 0.489 e. The van der Waals surface area contributed by atoms with Crippen LogP contribution in [-0.2, 0) is 10.2 Å². The molecule has 1 amide bonds. The number of ether oxygens (including phenoxy) is 2. The molecule has 36 heavy (non-hydrogen) atoms. The SMILES string of the molecule is Cc1cc(C(=O)Nc2cccc(C(C)(C)C(=O)O)c2)c(C)cc1OC[C@@H]1CN(C)c2ccccc2O1. The van der Waals surface area contributed by atoms with E-state index in [1.807, 2.05) is 57.3 Å². The van der Waals surface area contributed by atoms with Crippen molar-refractivity contribution in [1.82, 2.24) is 0 Å². The van der Waals surface area contributed by atoms with E-state index in [1.165, 1.54) is 0 Å². The van der Waals surface area contributed by atoms with Crippen LogP contribution in [0.2, 0.25) is 0 Å². The van der Waals surface area contributed by atoms with Crippen molar-refractivity contribution in [3.8, 4) is 11.5 Å². The molecular formula is C29H32N2O5. The van der Waals surface area contributed by atoms with Crippen LogP contribution in [0.15, 0.2) is 60.7 Å². The molecule has 7 nitrogen and oxygen atoms in total. The van der Waals surface area contributed by atoms with Crippen molar-refractivity contribution in [2.45, 2.75) is 39.2 Å². The molecule has 0 aromatic heterocycles. The number of amides is 1. The van der Waals surface area contributed by atoms with E-state index in [0.29, 0.717) is 35.7 Å². The van der Waals surface area contributed by atoms with Crippen LogP contribution < -0.4 is 19.7 Å². The minimum atomic E-state index is -1.06. The first-order valence-electron chi connectivity index (χ1n) is 11.9. The highest BCUT2D eigenvalue weighted by Gasteiger charge is 2.29. The van der Waals surface area contributed by atoms with Gasteiger partial charge in [0.2, 0.25) is 0 Å². The molecule has 0 saturated heterocycles. The molecule has 188 valence electrons. The summed E-state index contributed by atoms with van der Waals surface area (Å²) in [7, 11) is 2.04. The lowest BCUT2D eigenvalue weighted by molar-refractivity contribution is -0.142. The lowest BCUT2D eigenvalue weighted by atomic mass is 9.84. The smallest absolute Gasteiger partial charge is 0.313 e. The molecular weight excluding hydrogens is 456 g/mol. The van der Waals surface area contributed by atoms with Gasteiger partial charge in [-0.25, -0.2) is 0 Å². The van der Waals surface area contributed by atoms with Crippen LogP contribution in [0.25, 0.3) is 0 Å². The Labute approximate surface area is 211 Å². The second kappa shape index (κ2) is 9.93. The van der Waals surface area contributed by atoms with E-state index >= 15 is 0 Å². The second-order valence-corrected chi connectivity index (χ2v) is 9.80. The number of nitrogens with one attached hydrogen (secondary N) is 1. The lowest BCUT2D eigenvalue weighted by Gasteiger charge is -2.33. The minimum absolute atomic E-state index is 0.116. The molecule has 1 aliphatic heterocycles. The highest BCUT2D eigenvalue weighted by atomic mass is 16.5. The Morgan fingerprint density at radius 1 is 1.08 bits per heavy atom. The molecule has 7 heteroatoms. The van der Waals surface area contributed by atoms with E-state index in [2.05, 4.69) is 10.2 Å². The van der Waals surface area contributed by atoms with Gasteiger partial charge in [-0.05, 0) is 80.8 Å². The Kier molecular flexibility index (Phi) is 6.93. The third kappa shape index (κ3) is 5.15. The number of hydrogen-bond donors (Lipinski definition) is 2. The molecule has 3 aromatic carbocycles. The van der Waals surface area contributed by atoms with Crippen molar-refractivity contribution < 1.29 is 24.2 Å². The van der Waals surface area contributed by atoms with Crippen LogP contribution in [-0.4, -0.2) is 43.3 Å². The quantitative estimate of drug-likeness (QED) is 0.476. The molecule has 2 N–H and O–H groups in total. The van der Waals surface area contributed by atoms with Crippen molar-refractivity contribution in [2.24, 2.45) is 0 Å². The zero-order valence-electron chi connectivity index (χ0n) is 21.3. The lowest BCUT2D eigenvalue weighted by Crippen LogP contribution is -2.41. The van der Waals surface area contributed by atoms with E-state index in [9.17, 15) is 14.7 Å². The van der Waals surface area contributed by atoms with E-state index in [0.717, 1.165) is 22.6 Å². The standard InChI is InChI=1S/C29H32N2O5/c1-18-14-26(35-17-22-16-31(5)24-11-6-7-12-25(24)36-22)19(2)13-23(18)27(32)30-21-10-8-9-20(15-21)29(3,4)28(33)34/h6-15,22H,16-17H2,1-5H3,(H,30,32)(H,33,34)/t22-/m0/s1. The van der Waals surface area contributed by atoms with Gasteiger partial charge >= 0.3 is 5.97 Å². The Bertz CT molecular complexity index is 1300. The van der Waals surface area contributed by atoms with Gasteiger partial charge in [0.1, 0.15) is 24.2 Å². The number of anilines is 2. The summed E-state index contributed by atoms with van der Waals surface area (Å²) in [6.45, 7) is 8.15. The molecule has 0 saturated carbocycles. The number of carboxylic acid groups (broad SMARTS) is 1. The van der Waals surface area contributed by atoms with E-state index < -0.39 is 11.4 Å². The first kappa shape index (κ1) is 25.1. The molecule has 0 aliphatic carbocycles. The van der Waals surface area contributed by atoms with Gasteiger partial charge in [-0.1, -0.05) is 24.3 Å². The second-order valence-electron chi connectivity index (χ2n) is 9.80. The number of hydrogen-bond acceptors (Lipinski definition) is 5. The van der Waals surface area contributed by atoms with Crippen LogP contribution in [0, 0.1) is 13.8 Å². The van der Waals surface area contributed by atoms with Crippen molar-refractivity contribution in [1.29, 1.82) is 0 Å². The summed E-state index contributed by atoms with van der Waals surface area (Å²) >= 11 is 0. The Balaban J connectivity index is 1.44. The molecule has 1 atom stereocenters. The zero-order chi connectivity index (χ0) is 26.0. The number of carboxylic acids is 1. The fraction of sp³-hybridized carbons (Fsp3) is 0.310. The van der Waals surface area contributed by atoms with Crippen LogP contribution in [0.3, 0.4) is 0 Å². The number of carbonyl (C=O) groups excluding carboxylic acids is 1. The van der Waals surface area contributed by atoms with Crippen molar-refractivity contribution in [3.05, 3.63) is 82.9 Å². The summed E-state index contributed by atoms with van der Waals surface area (Å²) < 4.78 is 12.2. The third-order valence-corrected chi connectivity index (χ3v) is 6.62. The van der Waals surface area contributed by atoms with Crippen LogP contribution >= 0.6 is 0 Å². The number of carbonyl (C=O) groups is 2. The predicted molar refractivity (Wildman–Crippen MR) is 141 cm³/mol. The maximum absolute atomic E-state index is 13.1. The highest BCUT2D eigenvalue weighted by Crippen LogP contribution is 2.32. The summed E-state index contributed by atoms with van der Waals surface area (Å²) in [5.74, 6) is 0.360. The molecule has 4 rings (SSSR count). The number of nitrogens with zero attached hydrogens (tertiary/aromatic N) is 1. The average Bonchev–Trinajstić information content (AvgIpc) is 2.84. The summed E-state index contributed by atoms with van der Waals surface area (Å²) in [5.41, 5.74) is 3.31. The van der Waals surface area contributed by atoms with Crippen molar-refractivity contribution in [3.63, 3.8) is 0 Å². The van der Waals surface area contributed by atoms with Crippen molar-refractivity contribution >= 4 is 23.3 Å². The van der Waals surface area contributed by atoms with Gasteiger partial charge in [0, 0.05) is 18.3 Å². The van der Waals surface area contributed by atoms with E-state index in [4.69, 9.17) is 9.47 Å². The fourth-order valence-corrected chi connectivity index (χ4v) is 4.26. The topological polar surface area (TPSA) is 88.1 Å². The van der Waals surface area contributed by atoms with Crippen LogP contribution in [0.5, 0.6) is 11.5 Å². The summed E-state index contributed by atoms with van der Waals surface area (Å²) in [6, 6.07) is 18.6. The molecule has 0 radical (unpaired) electrons. The maximum Gasteiger partial charge on any atom is 0.313 e. The van der Waals surface area contributed by atoms with Crippen molar-refractivity contribution in [2.75, 3.05) is 30.4 Å². The summed E-state index contributed by atoms with van der Waals surface area (Å²) in [5, 5.41) is 12.4. The third-order valence-electron chi connectivity index (χ3n) is 6.62. The maximum atomic E-state index is 13.1. The summed E-state index contributed by atoms with van der Waals surface area (Å²) in [4.78, 5) is 26.8.